The van der Waals surface area contributed by atoms with Crippen LogP contribution in [0.4, 0.5) is 4.39 Å². The highest BCUT2D eigenvalue weighted by Gasteiger charge is 2.29. The van der Waals surface area contributed by atoms with Gasteiger partial charge < -0.3 is 9.64 Å². The average Bonchev–Trinajstić information content (AvgIpc) is 2.96. The number of hydrogen-bond donors (Lipinski definition) is 0. The standard InChI is InChI=1S/C31H26FN3O3/c1-21(34(20-22-11-4-3-5-12-22)30(36)23-13-10-14-24(32)19-23)29-33-26-16-7-6-15-25(26)31(37)35(29)27-17-8-9-18-28(27)38-2/h3-19,21H,20H2,1-2H3. The number of halogens is 1. The van der Waals surface area contributed by atoms with Crippen LogP contribution in [0.25, 0.3) is 16.6 Å². The van der Waals surface area contributed by atoms with Crippen LogP contribution in [0.2, 0.25) is 0 Å². The highest BCUT2D eigenvalue weighted by Crippen LogP contribution is 2.29. The van der Waals surface area contributed by atoms with Crippen LogP contribution in [0.5, 0.6) is 5.75 Å². The van der Waals surface area contributed by atoms with Crippen LogP contribution < -0.4 is 10.3 Å². The molecule has 0 radical (unpaired) electrons. The van der Waals surface area contributed by atoms with Gasteiger partial charge in [0.05, 0.1) is 29.7 Å². The third-order valence-corrected chi connectivity index (χ3v) is 6.50. The van der Waals surface area contributed by atoms with Crippen molar-refractivity contribution in [3.8, 4) is 11.4 Å². The van der Waals surface area contributed by atoms with Crippen LogP contribution in [-0.4, -0.2) is 27.5 Å². The van der Waals surface area contributed by atoms with E-state index in [0.717, 1.165) is 5.56 Å². The fraction of sp³-hybridized carbons (Fsp3) is 0.129. The van der Waals surface area contributed by atoms with Gasteiger partial charge in [0, 0.05) is 12.1 Å². The van der Waals surface area contributed by atoms with Gasteiger partial charge in [0.25, 0.3) is 11.5 Å². The van der Waals surface area contributed by atoms with Crippen LogP contribution in [0.15, 0.2) is 108 Å². The monoisotopic (exact) mass is 507 g/mol. The van der Waals surface area contributed by atoms with E-state index in [4.69, 9.17) is 9.72 Å². The maximum Gasteiger partial charge on any atom is 0.266 e. The Balaban J connectivity index is 1.73. The number of amides is 1. The minimum Gasteiger partial charge on any atom is -0.495 e. The van der Waals surface area contributed by atoms with Crippen LogP contribution >= 0.6 is 0 Å². The highest BCUT2D eigenvalue weighted by atomic mass is 19.1. The van der Waals surface area contributed by atoms with E-state index in [0.29, 0.717) is 28.2 Å². The van der Waals surface area contributed by atoms with Crippen molar-refractivity contribution in [3.63, 3.8) is 0 Å². The summed E-state index contributed by atoms with van der Waals surface area (Å²) >= 11 is 0. The minimum atomic E-state index is -0.673. The molecule has 7 heteroatoms. The molecule has 0 aliphatic carbocycles. The molecule has 1 unspecified atom stereocenters. The Hall–Kier alpha value is -4.78. The molecule has 0 saturated heterocycles. The normalized spacial score (nSPS) is 11.8. The van der Waals surface area contributed by atoms with E-state index in [1.54, 1.807) is 41.3 Å². The fourth-order valence-electron chi connectivity index (χ4n) is 4.57. The summed E-state index contributed by atoms with van der Waals surface area (Å²) in [6, 6.07) is 28.7. The molecule has 0 aliphatic rings. The number of para-hydroxylation sites is 3. The number of hydrogen-bond acceptors (Lipinski definition) is 4. The molecule has 0 saturated carbocycles. The van der Waals surface area contributed by atoms with Gasteiger partial charge in [0.15, 0.2) is 0 Å². The van der Waals surface area contributed by atoms with Crippen LogP contribution in [0.1, 0.15) is 34.7 Å². The number of fused-ring (bicyclic) bond motifs is 1. The fourth-order valence-corrected chi connectivity index (χ4v) is 4.57. The Kier molecular flexibility index (Phi) is 7.00. The van der Waals surface area contributed by atoms with Gasteiger partial charge in [-0.2, -0.15) is 0 Å². The van der Waals surface area contributed by atoms with Crippen molar-refractivity contribution in [3.05, 3.63) is 136 Å². The maximum atomic E-state index is 14.1. The Labute approximate surface area is 219 Å². The van der Waals surface area contributed by atoms with E-state index in [-0.39, 0.29) is 23.6 Å². The largest absolute Gasteiger partial charge is 0.495 e. The molecule has 0 bridgehead atoms. The number of ether oxygens (including phenoxy) is 1. The van der Waals surface area contributed by atoms with Crippen molar-refractivity contribution >= 4 is 16.8 Å². The predicted molar refractivity (Wildman–Crippen MR) is 145 cm³/mol. The van der Waals surface area contributed by atoms with Gasteiger partial charge in [-0.25, -0.2) is 9.37 Å². The number of carbonyl (C=O) groups excluding carboxylic acids is 1. The summed E-state index contributed by atoms with van der Waals surface area (Å²) in [5.74, 6) is -0.0298. The van der Waals surface area contributed by atoms with Gasteiger partial charge in [-0.1, -0.05) is 60.7 Å². The highest BCUT2D eigenvalue weighted by molar-refractivity contribution is 5.94. The molecule has 0 fully saturated rings. The minimum absolute atomic E-state index is 0.208. The molecule has 0 N–H and O–H groups in total. The molecule has 4 aromatic carbocycles. The summed E-state index contributed by atoms with van der Waals surface area (Å²) in [4.78, 5) is 34.2. The molecule has 0 aliphatic heterocycles. The Morgan fingerprint density at radius 2 is 1.66 bits per heavy atom. The van der Waals surface area contributed by atoms with Crippen molar-refractivity contribution < 1.29 is 13.9 Å². The molecule has 6 nitrogen and oxygen atoms in total. The van der Waals surface area contributed by atoms with Gasteiger partial charge in [-0.05, 0) is 55.0 Å². The molecule has 5 aromatic rings. The summed E-state index contributed by atoms with van der Waals surface area (Å²) in [6.45, 7) is 2.05. The molecular formula is C31H26FN3O3. The molecule has 38 heavy (non-hydrogen) atoms. The van der Waals surface area contributed by atoms with Gasteiger partial charge in [-0.15, -0.1) is 0 Å². The van der Waals surface area contributed by atoms with E-state index in [1.165, 1.54) is 29.9 Å². The molecule has 1 amide bonds. The summed E-state index contributed by atoms with van der Waals surface area (Å²) < 4.78 is 21.2. The molecule has 190 valence electrons. The summed E-state index contributed by atoms with van der Waals surface area (Å²) in [7, 11) is 1.54. The number of rotatable bonds is 7. The molecule has 5 rings (SSSR count). The molecule has 0 spiro atoms. The number of benzene rings is 4. The lowest BCUT2D eigenvalue weighted by atomic mass is 10.1. The Morgan fingerprint density at radius 1 is 0.947 bits per heavy atom. The second-order valence-electron chi connectivity index (χ2n) is 8.90. The third kappa shape index (κ3) is 4.78. The second-order valence-corrected chi connectivity index (χ2v) is 8.90. The summed E-state index contributed by atoms with van der Waals surface area (Å²) in [5.41, 5.74) is 1.84. The van der Waals surface area contributed by atoms with Crippen molar-refractivity contribution in [2.45, 2.75) is 19.5 Å². The number of methoxy groups -OCH3 is 1. The zero-order valence-electron chi connectivity index (χ0n) is 21.0. The molecule has 1 heterocycles. The molecule has 1 atom stereocenters. The van der Waals surface area contributed by atoms with Gasteiger partial charge in [0.1, 0.15) is 17.4 Å². The smallest absolute Gasteiger partial charge is 0.266 e. The quantitative estimate of drug-likeness (QED) is 0.274. The van der Waals surface area contributed by atoms with Crippen LogP contribution in [0, 0.1) is 5.82 Å². The first-order valence-electron chi connectivity index (χ1n) is 12.2. The number of carbonyl (C=O) groups is 1. The van der Waals surface area contributed by atoms with E-state index < -0.39 is 11.9 Å². The third-order valence-electron chi connectivity index (χ3n) is 6.50. The van der Waals surface area contributed by atoms with Crippen molar-refractivity contribution in [2.75, 3.05) is 7.11 Å². The summed E-state index contributed by atoms with van der Waals surface area (Å²) in [6.07, 6.45) is 0. The zero-order valence-corrected chi connectivity index (χ0v) is 21.0. The first-order valence-corrected chi connectivity index (χ1v) is 12.2. The van der Waals surface area contributed by atoms with E-state index in [2.05, 4.69) is 0 Å². The van der Waals surface area contributed by atoms with Crippen LogP contribution in [-0.2, 0) is 6.54 Å². The van der Waals surface area contributed by atoms with Gasteiger partial charge >= 0.3 is 0 Å². The predicted octanol–water partition coefficient (Wildman–Crippen LogP) is 5.94. The first-order chi connectivity index (χ1) is 18.5. The van der Waals surface area contributed by atoms with Gasteiger partial charge in [0.2, 0.25) is 0 Å². The van der Waals surface area contributed by atoms with Crippen LogP contribution in [0.3, 0.4) is 0 Å². The lowest BCUT2D eigenvalue weighted by molar-refractivity contribution is 0.0663. The van der Waals surface area contributed by atoms with E-state index >= 15 is 0 Å². The van der Waals surface area contributed by atoms with Crippen molar-refractivity contribution in [1.82, 2.24) is 14.5 Å². The summed E-state index contributed by atoms with van der Waals surface area (Å²) in [5, 5.41) is 0.445. The Morgan fingerprint density at radius 3 is 2.42 bits per heavy atom. The molecular weight excluding hydrogens is 481 g/mol. The lowest BCUT2D eigenvalue weighted by Gasteiger charge is -2.31. The topological polar surface area (TPSA) is 64.4 Å². The maximum absolute atomic E-state index is 14.1. The SMILES string of the molecule is COc1ccccc1-n1c(C(C)N(Cc2ccccc2)C(=O)c2cccc(F)c2)nc2ccccc2c1=O. The van der Waals surface area contributed by atoms with E-state index in [9.17, 15) is 14.0 Å². The second kappa shape index (κ2) is 10.7. The average molecular weight is 508 g/mol. The molecule has 1 aromatic heterocycles. The lowest BCUT2D eigenvalue weighted by Crippen LogP contribution is -2.37. The number of nitrogens with zero attached hydrogens (tertiary/aromatic N) is 3. The van der Waals surface area contributed by atoms with Gasteiger partial charge in [-0.3, -0.25) is 14.2 Å². The van der Waals surface area contributed by atoms with Crippen molar-refractivity contribution in [1.29, 1.82) is 0 Å². The Bertz CT molecular complexity index is 1670. The first kappa shape index (κ1) is 24.9. The number of aromatic nitrogens is 2. The van der Waals surface area contributed by atoms with Crippen molar-refractivity contribution in [2.24, 2.45) is 0 Å². The zero-order chi connectivity index (χ0) is 26.6. The van der Waals surface area contributed by atoms with E-state index in [1.807, 2.05) is 55.5 Å².